The molecule has 1 aromatic heterocycles. The van der Waals surface area contributed by atoms with Crippen LogP contribution in [0.3, 0.4) is 0 Å². The van der Waals surface area contributed by atoms with E-state index in [0.29, 0.717) is 10.2 Å². The molecule has 1 amide bonds. The molecule has 0 spiro atoms. The number of hydrogen-bond acceptors (Lipinski definition) is 4. The van der Waals surface area contributed by atoms with Crippen LogP contribution in [0, 0.1) is 6.92 Å². The first kappa shape index (κ1) is 15.2. The SMILES string of the molecule is Cc1cccc(NC(=O)COC(=O)c2cncc(Br)c2)c1. The van der Waals surface area contributed by atoms with E-state index in [9.17, 15) is 9.59 Å². The quantitative estimate of drug-likeness (QED) is 0.862. The number of nitrogens with one attached hydrogen (secondary N) is 1. The zero-order chi connectivity index (χ0) is 15.2. The molecule has 5 nitrogen and oxygen atoms in total. The highest BCUT2D eigenvalue weighted by Gasteiger charge is 2.11. The minimum absolute atomic E-state index is 0.285. The van der Waals surface area contributed by atoms with Crippen LogP contribution in [0.1, 0.15) is 15.9 Å². The maximum absolute atomic E-state index is 11.7. The largest absolute Gasteiger partial charge is 0.452 e. The van der Waals surface area contributed by atoms with E-state index in [-0.39, 0.29) is 12.2 Å². The summed E-state index contributed by atoms with van der Waals surface area (Å²) < 4.78 is 5.60. The molecule has 0 aliphatic carbocycles. The molecule has 0 aliphatic heterocycles. The standard InChI is InChI=1S/C15H13BrN2O3/c1-10-3-2-4-13(5-10)18-14(19)9-21-15(20)11-6-12(16)8-17-7-11/h2-8H,9H2,1H3,(H,18,19). The van der Waals surface area contributed by atoms with E-state index in [4.69, 9.17) is 4.74 Å². The third kappa shape index (κ3) is 4.68. The van der Waals surface area contributed by atoms with Gasteiger partial charge < -0.3 is 10.1 Å². The highest BCUT2D eigenvalue weighted by atomic mass is 79.9. The lowest BCUT2D eigenvalue weighted by atomic mass is 10.2. The van der Waals surface area contributed by atoms with Crippen molar-refractivity contribution in [2.24, 2.45) is 0 Å². The van der Waals surface area contributed by atoms with Crippen molar-refractivity contribution in [2.45, 2.75) is 6.92 Å². The van der Waals surface area contributed by atoms with E-state index < -0.39 is 11.9 Å². The van der Waals surface area contributed by atoms with Crippen LogP contribution in [0.5, 0.6) is 0 Å². The van der Waals surface area contributed by atoms with Gasteiger partial charge in [-0.1, -0.05) is 12.1 Å². The molecule has 1 N–H and O–H groups in total. The van der Waals surface area contributed by atoms with Crippen molar-refractivity contribution in [1.29, 1.82) is 0 Å². The first-order chi connectivity index (χ1) is 10.0. The number of carbonyl (C=O) groups is 2. The molecular weight excluding hydrogens is 336 g/mol. The molecule has 0 fully saturated rings. The molecule has 2 rings (SSSR count). The van der Waals surface area contributed by atoms with Crippen LogP contribution < -0.4 is 5.32 Å². The van der Waals surface area contributed by atoms with Gasteiger partial charge in [0.15, 0.2) is 6.61 Å². The van der Waals surface area contributed by atoms with Gasteiger partial charge in [0.05, 0.1) is 5.56 Å². The molecule has 108 valence electrons. The van der Waals surface area contributed by atoms with Gasteiger partial charge in [-0.25, -0.2) is 4.79 Å². The number of carbonyl (C=O) groups excluding carboxylic acids is 2. The molecule has 0 atom stereocenters. The second-order valence-corrected chi connectivity index (χ2v) is 5.30. The molecule has 0 saturated carbocycles. The summed E-state index contributed by atoms with van der Waals surface area (Å²) in [5.74, 6) is -0.986. The number of ether oxygens (including phenoxy) is 1. The van der Waals surface area contributed by atoms with E-state index in [1.807, 2.05) is 25.1 Å². The van der Waals surface area contributed by atoms with E-state index in [0.717, 1.165) is 5.56 Å². The van der Waals surface area contributed by atoms with Crippen LogP contribution in [-0.2, 0) is 9.53 Å². The van der Waals surface area contributed by atoms with Crippen LogP contribution in [0.2, 0.25) is 0 Å². The van der Waals surface area contributed by atoms with Gasteiger partial charge in [0.25, 0.3) is 5.91 Å². The summed E-state index contributed by atoms with van der Waals surface area (Å²) in [5.41, 5.74) is 1.98. The predicted molar refractivity (Wildman–Crippen MR) is 82.0 cm³/mol. The van der Waals surface area contributed by atoms with Gasteiger partial charge in [-0.05, 0) is 46.6 Å². The molecular formula is C15H13BrN2O3. The van der Waals surface area contributed by atoms with E-state index >= 15 is 0 Å². The van der Waals surface area contributed by atoms with E-state index in [1.54, 1.807) is 18.3 Å². The fraction of sp³-hybridized carbons (Fsp3) is 0.133. The third-order valence-electron chi connectivity index (χ3n) is 2.58. The van der Waals surface area contributed by atoms with Gasteiger partial charge in [0.2, 0.25) is 0 Å². The number of pyridine rings is 1. The van der Waals surface area contributed by atoms with Crippen LogP contribution in [0.4, 0.5) is 5.69 Å². The van der Waals surface area contributed by atoms with Gasteiger partial charge in [-0.2, -0.15) is 0 Å². The molecule has 1 heterocycles. The molecule has 2 aromatic rings. The summed E-state index contributed by atoms with van der Waals surface area (Å²) >= 11 is 3.21. The van der Waals surface area contributed by atoms with E-state index in [2.05, 4.69) is 26.2 Å². The summed E-state index contributed by atoms with van der Waals surface area (Å²) in [5, 5.41) is 2.66. The van der Waals surface area contributed by atoms with Crippen molar-refractivity contribution in [1.82, 2.24) is 4.98 Å². The Morgan fingerprint density at radius 2 is 2.10 bits per heavy atom. The number of anilines is 1. The van der Waals surface area contributed by atoms with Crippen molar-refractivity contribution >= 4 is 33.5 Å². The Hall–Kier alpha value is -2.21. The Balaban J connectivity index is 1.88. The van der Waals surface area contributed by atoms with Crippen molar-refractivity contribution in [3.8, 4) is 0 Å². The van der Waals surface area contributed by atoms with Crippen molar-refractivity contribution in [3.63, 3.8) is 0 Å². The minimum Gasteiger partial charge on any atom is -0.452 e. The Kier molecular flexibility index (Phi) is 5.05. The first-order valence-corrected chi connectivity index (χ1v) is 6.98. The highest BCUT2D eigenvalue weighted by Crippen LogP contribution is 2.11. The Labute approximate surface area is 130 Å². The molecule has 21 heavy (non-hydrogen) atoms. The van der Waals surface area contributed by atoms with Gasteiger partial charge in [-0.3, -0.25) is 9.78 Å². The normalized spacial score (nSPS) is 10.0. The summed E-state index contributed by atoms with van der Waals surface area (Å²) in [6, 6.07) is 8.94. The van der Waals surface area contributed by atoms with Gasteiger partial charge in [0.1, 0.15) is 0 Å². The highest BCUT2D eigenvalue weighted by molar-refractivity contribution is 9.10. The number of amides is 1. The van der Waals surface area contributed by atoms with Crippen molar-refractivity contribution < 1.29 is 14.3 Å². The molecule has 0 bridgehead atoms. The van der Waals surface area contributed by atoms with Crippen LogP contribution in [-0.4, -0.2) is 23.5 Å². The Morgan fingerprint density at radius 1 is 1.29 bits per heavy atom. The lowest BCUT2D eigenvalue weighted by Gasteiger charge is -2.07. The zero-order valence-corrected chi connectivity index (χ0v) is 12.9. The van der Waals surface area contributed by atoms with Crippen LogP contribution >= 0.6 is 15.9 Å². The lowest BCUT2D eigenvalue weighted by molar-refractivity contribution is -0.119. The molecule has 0 unspecified atom stereocenters. The zero-order valence-electron chi connectivity index (χ0n) is 11.3. The van der Waals surface area contributed by atoms with Crippen LogP contribution in [0.25, 0.3) is 0 Å². The topological polar surface area (TPSA) is 68.3 Å². The molecule has 0 aliphatic rings. The molecule has 1 aromatic carbocycles. The number of nitrogens with zero attached hydrogens (tertiary/aromatic N) is 1. The number of hydrogen-bond donors (Lipinski definition) is 1. The fourth-order valence-electron chi connectivity index (χ4n) is 1.66. The number of aryl methyl sites for hydroxylation is 1. The molecule has 0 saturated heterocycles. The number of benzene rings is 1. The minimum atomic E-state index is -0.594. The van der Waals surface area contributed by atoms with E-state index in [1.165, 1.54) is 6.20 Å². The smallest absolute Gasteiger partial charge is 0.340 e. The van der Waals surface area contributed by atoms with Crippen LogP contribution in [0.15, 0.2) is 47.2 Å². The number of esters is 1. The fourth-order valence-corrected chi connectivity index (χ4v) is 2.02. The van der Waals surface area contributed by atoms with Gasteiger partial charge >= 0.3 is 5.97 Å². The Morgan fingerprint density at radius 3 is 2.81 bits per heavy atom. The maximum atomic E-state index is 11.7. The van der Waals surface area contributed by atoms with Crippen molar-refractivity contribution in [3.05, 3.63) is 58.3 Å². The number of rotatable bonds is 4. The second-order valence-electron chi connectivity index (χ2n) is 4.39. The summed E-state index contributed by atoms with van der Waals surface area (Å²) in [4.78, 5) is 27.3. The average Bonchev–Trinajstić information content (AvgIpc) is 2.45. The third-order valence-corrected chi connectivity index (χ3v) is 3.01. The Bertz CT molecular complexity index is 673. The monoisotopic (exact) mass is 348 g/mol. The predicted octanol–water partition coefficient (Wildman–Crippen LogP) is 2.95. The number of aromatic nitrogens is 1. The first-order valence-electron chi connectivity index (χ1n) is 6.19. The number of halogens is 1. The summed E-state index contributed by atoms with van der Waals surface area (Å²) in [6.07, 6.45) is 2.94. The summed E-state index contributed by atoms with van der Waals surface area (Å²) in [6.45, 7) is 1.58. The van der Waals surface area contributed by atoms with Gasteiger partial charge in [0, 0.05) is 22.6 Å². The van der Waals surface area contributed by atoms with Crippen molar-refractivity contribution in [2.75, 3.05) is 11.9 Å². The lowest BCUT2D eigenvalue weighted by Crippen LogP contribution is -2.21. The second kappa shape index (κ2) is 6.99. The maximum Gasteiger partial charge on any atom is 0.340 e. The molecule has 6 heteroatoms. The average molecular weight is 349 g/mol. The summed E-state index contributed by atoms with van der Waals surface area (Å²) in [7, 11) is 0. The van der Waals surface area contributed by atoms with Gasteiger partial charge in [-0.15, -0.1) is 0 Å². The molecule has 0 radical (unpaired) electrons.